The summed E-state index contributed by atoms with van der Waals surface area (Å²) in [6.45, 7) is 0. The lowest BCUT2D eigenvalue weighted by atomic mass is 10.2. The summed E-state index contributed by atoms with van der Waals surface area (Å²) in [6.07, 6.45) is 4.23. The number of anilines is 1. The summed E-state index contributed by atoms with van der Waals surface area (Å²) in [5, 5.41) is 6.45. The molecule has 0 radical (unpaired) electrons. The fourth-order valence-electron chi connectivity index (χ4n) is 2.72. The molecule has 0 unspecified atom stereocenters. The molecular weight excluding hydrogens is 493 g/mol. The maximum Gasteiger partial charge on any atom is 0.336 e. The summed E-state index contributed by atoms with van der Waals surface area (Å²) in [7, 11) is 1.42. The van der Waals surface area contributed by atoms with E-state index in [1.165, 1.54) is 31.5 Å². The van der Waals surface area contributed by atoms with Crippen molar-refractivity contribution in [1.82, 2.24) is 5.43 Å². The van der Waals surface area contributed by atoms with Crippen LogP contribution >= 0.6 is 23.2 Å². The molecule has 0 fully saturated rings. The minimum absolute atomic E-state index is 0.113. The second-order valence-electron chi connectivity index (χ2n) is 6.83. The van der Waals surface area contributed by atoms with Crippen LogP contribution in [0.15, 0.2) is 77.9 Å². The smallest absolute Gasteiger partial charge is 0.336 e. The van der Waals surface area contributed by atoms with Crippen LogP contribution in [-0.2, 0) is 14.4 Å². The number of methoxy groups -OCH3 is 1. The summed E-state index contributed by atoms with van der Waals surface area (Å²) >= 11 is 11.9. The first-order valence-electron chi connectivity index (χ1n) is 10.1. The number of halogens is 2. The number of carbonyl (C=O) groups is 3. The molecule has 0 saturated heterocycles. The van der Waals surface area contributed by atoms with Crippen molar-refractivity contribution in [2.45, 2.75) is 0 Å². The second-order valence-corrected chi connectivity index (χ2v) is 7.62. The molecule has 0 aliphatic heterocycles. The standard InChI is InChI=1S/C25H19Cl2N3O5/c1-34-21-14-17(10-12-20(21)35-22(31)13-11-16-6-3-2-4-7-16)15-28-30-25(33)24(32)29-19-9-5-8-18(26)23(19)27/h2-15H,1H3,(H,29,32)(H,30,33)/b13-11+,28-15-. The molecule has 10 heteroatoms. The third-order valence-corrected chi connectivity index (χ3v) is 5.21. The molecule has 0 atom stereocenters. The van der Waals surface area contributed by atoms with Crippen LogP contribution in [0.3, 0.4) is 0 Å². The van der Waals surface area contributed by atoms with Crippen LogP contribution in [0.4, 0.5) is 5.69 Å². The average molecular weight is 512 g/mol. The molecule has 2 N–H and O–H groups in total. The summed E-state index contributed by atoms with van der Waals surface area (Å²) in [5.74, 6) is -2.09. The number of amides is 2. The highest BCUT2D eigenvalue weighted by Crippen LogP contribution is 2.29. The van der Waals surface area contributed by atoms with Gasteiger partial charge in [-0.25, -0.2) is 10.2 Å². The molecule has 0 aliphatic carbocycles. The number of esters is 1. The largest absolute Gasteiger partial charge is 0.493 e. The summed E-state index contributed by atoms with van der Waals surface area (Å²) < 4.78 is 10.6. The zero-order valence-corrected chi connectivity index (χ0v) is 19.8. The Balaban J connectivity index is 1.58. The predicted octanol–water partition coefficient (Wildman–Crippen LogP) is 4.71. The number of nitrogens with one attached hydrogen (secondary N) is 2. The van der Waals surface area contributed by atoms with Gasteiger partial charge in [0.05, 0.1) is 29.1 Å². The molecular formula is C25H19Cl2N3O5. The van der Waals surface area contributed by atoms with Crippen molar-refractivity contribution in [3.63, 3.8) is 0 Å². The predicted molar refractivity (Wildman–Crippen MR) is 135 cm³/mol. The van der Waals surface area contributed by atoms with Crippen molar-refractivity contribution in [2.75, 3.05) is 12.4 Å². The highest BCUT2D eigenvalue weighted by molar-refractivity contribution is 6.45. The van der Waals surface area contributed by atoms with Crippen molar-refractivity contribution < 1.29 is 23.9 Å². The Hall–Kier alpha value is -4.14. The number of hydrazone groups is 1. The minimum Gasteiger partial charge on any atom is -0.493 e. The summed E-state index contributed by atoms with van der Waals surface area (Å²) in [4.78, 5) is 36.2. The van der Waals surface area contributed by atoms with Crippen LogP contribution in [0.25, 0.3) is 6.08 Å². The number of nitrogens with zero attached hydrogens (tertiary/aromatic N) is 1. The average Bonchev–Trinajstić information content (AvgIpc) is 2.86. The Kier molecular flexibility index (Phi) is 9.00. The van der Waals surface area contributed by atoms with E-state index in [0.29, 0.717) is 5.56 Å². The first-order chi connectivity index (χ1) is 16.9. The maximum atomic E-state index is 12.1. The van der Waals surface area contributed by atoms with Crippen molar-refractivity contribution in [3.05, 3.63) is 94.0 Å². The van der Waals surface area contributed by atoms with E-state index < -0.39 is 17.8 Å². The fraction of sp³-hybridized carbons (Fsp3) is 0.0400. The van der Waals surface area contributed by atoms with Crippen LogP contribution in [0.2, 0.25) is 10.0 Å². The minimum atomic E-state index is -1.01. The van der Waals surface area contributed by atoms with Gasteiger partial charge in [-0.05, 0) is 47.5 Å². The highest BCUT2D eigenvalue weighted by atomic mass is 35.5. The van der Waals surface area contributed by atoms with E-state index in [2.05, 4.69) is 15.8 Å². The van der Waals surface area contributed by atoms with Crippen LogP contribution in [0, 0.1) is 0 Å². The van der Waals surface area contributed by atoms with E-state index in [0.717, 1.165) is 5.56 Å². The van der Waals surface area contributed by atoms with Gasteiger partial charge in [-0.15, -0.1) is 0 Å². The van der Waals surface area contributed by atoms with Crippen LogP contribution in [0.1, 0.15) is 11.1 Å². The number of carbonyl (C=O) groups excluding carboxylic acids is 3. The van der Waals surface area contributed by atoms with Crippen LogP contribution in [0.5, 0.6) is 11.5 Å². The van der Waals surface area contributed by atoms with Gasteiger partial charge in [0.15, 0.2) is 11.5 Å². The molecule has 0 aliphatic rings. The van der Waals surface area contributed by atoms with Gasteiger partial charge in [-0.1, -0.05) is 59.6 Å². The van der Waals surface area contributed by atoms with E-state index in [1.807, 2.05) is 30.3 Å². The Bertz CT molecular complexity index is 1290. The fourth-order valence-corrected chi connectivity index (χ4v) is 3.06. The molecule has 35 heavy (non-hydrogen) atoms. The van der Waals surface area contributed by atoms with Gasteiger partial charge >= 0.3 is 17.8 Å². The van der Waals surface area contributed by atoms with Gasteiger partial charge in [-0.3, -0.25) is 9.59 Å². The lowest BCUT2D eigenvalue weighted by molar-refractivity contribution is -0.136. The quantitative estimate of drug-likeness (QED) is 0.119. The monoisotopic (exact) mass is 511 g/mol. The molecule has 3 rings (SSSR count). The lowest BCUT2D eigenvalue weighted by Crippen LogP contribution is -2.32. The van der Waals surface area contributed by atoms with Gasteiger partial charge in [0.25, 0.3) is 0 Å². The number of hydrogen-bond donors (Lipinski definition) is 2. The van der Waals surface area contributed by atoms with E-state index in [4.69, 9.17) is 32.7 Å². The maximum absolute atomic E-state index is 12.1. The highest BCUT2D eigenvalue weighted by Gasteiger charge is 2.15. The van der Waals surface area contributed by atoms with Crippen molar-refractivity contribution in [1.29, 1.82) is 0 Å². The van der Waals surface area contributed by atoms with Gasteiger partial charge in [0.1, 0.15) is 0 Å². The molecule has 0 bridgehead atoms. The van der Waals surface area contributed by atoms with Crippen molar-refractivity contribution in [3.8, 4) is 11.5 Å². The van der Waals surface area contributed by atoms with Crippen LogP contribution < -0.4 is 20.2 Å². The first kappa shape index (κ1) is 25.5. The van der Waals surface area contributed by atoms with Gasteiger partial charge < -0.3 is 14.8 Å². The number of hydrogen-bond acceptors (Lipinski definition) is 6. The molecule has 3 aromatic carbocycles. The number of benzene rings is 3. The zero-order chi connectivity index (χ0) is 25.2. The molecule has 8 nitrogen and oxygen atoms in total. The van der Waals surface area contributed by atoms with E-state index in [9.17, 15) is 14.4 Å². The van der Waals surface area contributed by atoms with E-state index >= 15 is 0 Å². The van der Waals surface area contributed by atoms with Crippen molar-refractivity contribution >= 4 is 59.0 Å². The third kappa shape index (κ3) is 7.43. The Morgan fingerprint density at radius 3 is 2.40 bits per heavy atom. The summed E-state index contributed by atoms with van der Waals surface area (Å²) in [5.41, 5.74) is 3.67. The van der Waals surface area contributed by atoms with Gasteiger partial charge in [-0.2, -0.15) is 5.10 Å². The number of ether oxygens (including phenoxy) is 2. The normalized spacial score (nSPS) is 10.8. The lowest BCUT2D eigenvalue weighted by Gasteiger charge is -2.08. The number of rotatable bonds is 7. The van der Waals surface area contributed by atoms with Crippen molar-refractivity contribution in [2.24, 2.45) is 5.10 Å². The van der Waals surface area contributed by atoms with Gasteiger partial charge in [0.2, 0.25) is 0 Å². The Labute approximate surface area is 211 Å². The SMILES string of the molecule is COc1cc(/C=N\NC(=O)C(=O)Nc2cccc(Cl)c2Cl)ccc1OC(=O)/C=C/c1ccccc1. The third-order valence-electron chi connectivity index (χ3n) is 4.40. The molecule has 0 saturated carbocycles. The van der Waals surface area contributed by atoms with E-state index in [-0.39, 0.29) is 27.2 Å². The Morgan fingerprint density at radius 1 is 0.886 bits per heavy atom. The topological polar surface area (TPSA) is 106 Å². The first-order valence-corrected chi connectivity index (χ1v) is 10.8. The molecule has 178 valence electrons. The Morgan fingerprint density at radius 2 is 1.66 bits per heavy atom. The molecule has 0 aromatic heterocycles. The summed E-state index contributed by atoms with van der Waals surface area (Å²) in [6, 6.07) is 18.6. The molecule has 3 aromatic rings. The van der Waals surface area contributed by atoms with E-state index in [1.54, 1.807) is 30.3 Å². The zero-order valence-electron chi connectivity index (χ0n) is 18.3. The molecule has 0 heterocycles. The second kappa shape index (κ2) is 12.4. The van der Waals surface area contributed by atoms with Gasteiger partial charge in [0, 0.05) is 6.08 Å². The molecule has 0 spiro atoms. The van der Waals surface area contributed by atoms with Crippen LogP contribution in [-0.4, -0.2) is 31.1 Å². The molecule has 2 amide bonds.